The van der Waals surface area contributed by atoms with Crippen molar-refractivity contribution in [1.82, 2.24) is 0 Å². The maximum atomic E-state index is 14.0. The number of benzene rings is 2. The Bertz CT molecular complexity index is 1050. The van der Waals surface area contributed by atoms with E-state index in [1.165, 1.54) is 7.11 Å². The lowest BCUT2D eigenvalue weighted by atomic mass is 9.87. The molecule has 6 heteroatoms. The first kappa shape index (κ1) is 22.1. The summed E-state index contributed by atoms with van der Waals surface area (Å²) in [7, 11) is 3.10. The van der Waals surface area contributed by atoms with E-state index in [0.717, 1.165) is 5.56 Å². The minimum Gasteiger partial charge on any atom is -0.497 e. The van der Waals surface area contributed by atoms with E-state index in [-0.39, 0.29) is 11.7 Å². The summed E-state index contributed by atoms with van der Waals surface area (Å²) in [4.78, 5) is 29.4. The van der Waals surface area contributed by atoms with Gasteiger partial charge in [-0.05, 0) is 35.6 Å². The Kier molecular flexibility index (Phi) is 5.82. The third kappa shape index (κ3) is 3.39. The first-order chi connectivity index (χ1) is 15.3. The van der Waals surface area contributed by atoms with Crippen molar-refractivity contribution in [3.63, 3.8) is 0 Å². The fraction of sp³-hybridized carbons (Fsp3) is 0.385. The van der Waals surface area contributed by atoms with Gasteiger partial charge in [-0.25, -0.2) is 0 Å². The van der Waals surface area contributed by atoms with Gasteiger partial charge in [0.15, 0.2) is 0 Å². The molecule has 6 nitrogen and oxygen atoms in total. The van der Waals surface area contributed by atoms with Gasteiger partial charge in [0.05, 0.1) is 32.1 Å². The molecular formula is C26H29NO5. The van der Waals surface area contributed by atoms with Crippen molar-refractivity contribution in [3.05, 3.63) is 66.2 Å². The Labute approximate surface area is 188 Å². The molecule has 0 radical (unpaired) electrons. The predicted molar refractivity (Wildman–Crippen MR) is 122 cm³/mol. The molecule has 0 aromatic heterocycles. The summed E-state index contributed by atoms with van der Waals surface area (Å²) < 4.78 is 17.2. The average molecular weight is 436 g/mol. The van der Waals surface area contributed by atoms with Crippen LogP contribution in [0.5, 0.6) is 11.5 Å². The van der Waals surface area contributed by atoms with Gasteiger partial charge in [-0.15, -0.1) is 0 Å². The summed E-state index contributed by atoms with van der Waals surface area (Å²) in [5.41, 5.74) is 0.274. The Balaban J connectivity index is 1.80. The second-order valence-electron chi connectivity index (χ2n) is 8.73. The number of carbonyl (C=O) groups is 2. The van der Waals surface area contributed by atoms with Gasteiger partial charge in [0.1, 0.15) is 11.5 Å². The highest BCUT2D eigenvalue weighted by molar-refractivity contribution is 6.28. The summed E-state index contributed by atoms with van der Waals surface area (Å²) in [6, 6.07) is 14.2. The summed E-state index contributed by atoms with van der Waals surface area (Å²) >= 11 is 0. The van der Waals surface area contributed by atoms with E-state index in [9.17, 15) is 9.59 Å². The lowest BCUT2D eigenvalue weighted by molar-refractivity contribution is -0.147. The van der Waals surface area contributed by atoms with Crippen molar-refractivity contribution in [2.75, 3.05) is 19.1 Å². The van der Waals surface area contributed by atoms with Crippen molar-refractivity contribution in [1.29, 1.82) is 0 Å². The minimum absolute atomic E-state index is 0.193. The van der Waals surface area contributed by atoms with Crippen LogP contribution in [0.3, 0.4) is 0 Å². The third-order valence-electron chi connectivity index (χ3n) is 6.24. The number of ether oxygens (including phenoxy) is 3. The van der Waals surface area contributed by atoms with Crippen LogP contribution in [-0.2, 0) is 14.3 Å². The number of carbonyl (C=O) groups excluding carboxylic acids is 2. The molecule has 2 aromatic carbocycles. The Morgan fingerprint density at radius 2 is 1.84 bits per heavy atom. The molecule has 168 valence electrons. The standard InChI is InChI=1S/C26H29NO5/c1-16(2)13-21-24(28)26(17(3)14-22(32-26)18-9-7-6-8-10-18)25(29)27(21)20-12-11-19(30-4)15-23(20)31-5/h6-12,15-16,21-22H,3,13-14H2,1-2,4-5H3/t21-,22+,26-/m0/s1. The van der Waals surface area contributed by atoms with Gasteiger partial charge in [0, 0.05) is 12.5 Å². The van der Waals surface area contributed by atoms with Crippen LogP contribution < -0.4 is 14.4 Å². The van der Waals surface area contributed by atoms with Crippen LogP contribution in [0.2, 0.25) is 0 Å². The summed E-state index contributed by atoms with van der Waals surface area (Å²) in [5.74, 6) is 0.597. The molecule has 1 amide bonds. The van der Waals surface area contributed by atoms with Crippen LogP contribution in [0.15, 0.2) is 60.7 Å². The van der Waals surface area contributed by atoms with Gasteiger partial charge < -0.3 is 14.2 Å². The van der Waals surface area contributed by atoms with Crippen LogP contribution >= 0.6 is 0 Å². The van der Waals surface area contributed by atoms with Crippen molar-refractivity contribution in [3.8, 4) is 11.5 Å². The zero-order chi connectivity index (χ0) is 23.0. The van der Waals surface area contributed by atoms with Crippen molar-refractivity contribution in [2.24, 2.45) is 5.92 Å². The molecule has 0 N–H and O–H groups in total. The number of ketones is 1. The lowest BCUT2D eigenvalue weighted by Gasteiger charge is -2.26. The van der Waals surface area contributed by atoms with Gasteiger partial charge in [0.2, 0.25) is 11.4 Å². The molecule has 2 aliphatic heterocycles. The Hall–Kier alpha value is -3.12. The van der Waals surface area contributed by atoms with Crippen molar-refractivity contribution in [2.45, 2.75) is 44.4 Å². The molecule has 2 saturated heterocycles. The van der Waals surface area contributed by atoms with E-state index in [1.54, 1.807) is 30.2 Å². The van der Waals surface area contributed by atoms with E-state index in [2.05, 4.69) is 6.58 Å². The summed E-state index contributed by atoms with van der Waals surface area (Å²) in [6.07, 6.45) is 0.534. The number of hydrogen-bond acceptors (Lipinski definition) is 5. The maximum absolute atomic E-state index is 14.0. The monoisotopic (exact) mass is 435 g/mol. The van der Waals surface area contributed by atoms with Crippen LogP contribution in [-0.4, -0.2) is 37.6 Å². The number of rotatable bonds is 6. The number of anilines is 1. The molecule has 0 bridgehead atoms. The van der Waals surface area contributed by atoms with Gasteiger partial charge in [-0.3, -0.25) is 14.5 Å². The van der Waals surface area contributed by atoms with E-state index >= 15 is 0 Å². The van der Waals surface area contributed by atoms with Gasteiger partial charge in [0.25, 0.3) is 5.91 Å². The quantitative estimate of drug-likeness (QED) is 0.494. The van der Waals surface area contributed by atoms with Crippen LogP contribution in [0.25, 0.3) is 0 Å². The van der Waals surface area contributed by atoms with E-state index in [0.29, 0.717) is 35.6 Å². The highest BCUT2D eigenvalue weighted by atomic mass is 16.5. The molecule has 2 fully saturated rings. The van der Waals surface area contributed by atoms with Crippen LogP contribution in [0.1, 0.15) is 38.4 Å². The molecule has 0 saturated carbocycles. The molecule has 4 rings (SSSR count). The molecule has 2 aliphatic rings. The van der Waals surface area contributed by atoms with E-state index in [1.807, 2.05) is 44.2 Å². The molecule has 0 unspecified atom stereocenters. The van der Waals surface area contributed by atoms with Crippen molar-refractivity contribution < 1.29 is 23.8 Å². The normalized spacial score (nSPS) is 25.3. The number of methoxy groups -OCH3 is 2. The maximum Gasteiger partial charge on any atom is 0.272 e. The molecule has 2 aromatic rings. The fourth-order valence-electron chi connectivity index (χ4n) is 4.68. The largest absolute Gasteiger partial charge is 0.497 e. The molecule has 32 heavy (non-hydrogen) atoms. The third-order valence-corrected chi connectivity index (χ3v) is 6.24. The zero-order valence-corrected chi connectivity index (χ0v) is 19.0. The van der Waals surface area contributed by atoms with E-state index < -0.39 is 23.7 Å². The number of nitrogens with zero attached hydrogens (tertiary/aromatic N) is 1. The van der Waals surface area contributed by atoms with Gasteiger partial charge in [-0.1, -0.05) is 50.8 Å². The highest BCUT2D eigenvalue weighted by Gasteiger charge is 2.65. The number of amides is 1. The topological polar surface area (TPSA) is 65.1 Å². The smallest absolute Gasteiger partial charge is 0.272 e. The first-order valence-corrected chi connectivity index (χ1v) is 10.8. The lowest BCUT2D eigenvalue weighted by Crippen LogP contribution is -2.44. The van der Waals surface area contributed by atoms with Gasteiger partial charge >= 0.3 is 0 Å². The SMILES string of the molecule is C=C1C[C@H](c2ccccc2)O[C@]12C(=O)[C@H](CC(C)C)N(c1ccc(OC)cc1OC)C2=O. The fourth-order valence-corrected chi connectivity index (χ4v) is 4.68. The molecule has 3 atom stereocenters. The molecular weight excluding hydrogens is 406 g/mol. The number of Topliss-reactive ketones (excluding diaryl/α,β-unsaturated/α-hetero) is 1. The average Bonchev–Trinajstić information content (AvgIpc) is 3.25. The second kappa shape index (κ2) is 8.43. The first-order valence-electron chi connectivity index (χ1n) is 10.8. The molecule has 2 heterocycles. The Morgan fingerprint density at radius 3 is 2.47 bits per heavy atom. The molecule has 1 spiro atoms. The highest BCUT2D eigenvalue weighted by Crippen LogP contribution is 2.51. The van der Waals surface area contributed by atoms with Crippen molar-refractivity contribution >= 4 is 17.4 Å². The molecule has 0 aliphatic carbocycles. The second-order valence-corrected chi connectivity index (χ2v) is 8.73. The summed E-state index contributed by atoms with van der Waals surface area (Å²) in [6.45, 7) is 8.20. The van der Waals surface area contributed by atoms with Crippen LogP contribution in [0.4, 0.5) is 5.69 Å². The zero-order valence-electron chi connectivity index (χ0n) is 19.0. The summed E-state index contributed by atoms with van der Waals surface area (Å²) in [5, 5.41) is 0. The minimum atomic E-state index is -1.68. The predicted octanol–water partition coefficient (Wildman–Crippen LogP) is 4.49. The number of hydrogen-bond donors (Lipinski definition) is 0. The van der Waals surface area contributed by atoms with Crippen LogP contribution in [0, 0.1) is 5.92 Å². The van der Waals surface area contributed by atoms with E-state index in [4.69, 9.17) is 14.2 Å². The Morgan fingerprint density at radius 1 is 1.12 bits per heavy atom. The van der Waals surface area contributed by atoms with Gasteiger partial charge in [-0.2, -0.15) is 0 Å².